The van der Waals surface area contributed by atoms with Crippen LogP contribution in [0.2, 0.25) is 10.0 Å². The predicted molar refractivity (Wildman–Crippen MR) is 122 cm³/mol. The van der Waals surface area contributed by atoms with Gasteiger partial charge in [0.1, 0.15) is 11.9 Å². The molecule has 0 atom stereocenters. The van der Waals surface area contributed by atoms with Crippen LogP contribution < -0.4 is 0 Å². The Morgan fingerprint density at radius 1 is 0.750 bits per heavy atom. The highest BCUT2D eigenvalue weighted by atomic mass is 35.5. The van der Waals surface area contributed by atoms with E-state index in [1.807, 2.05) is 6.07 Å². The number of rotatable bonds is 3. The van der Waals surface area contributed by atoms with E-state index in [1.165, 1.54) is 54.6 Å². The van der Waals surface area contributed by atoms with Gasteiger partial charge < -0.3 is 0 Å². The summed E-state index contributed by atoms with van der Waals surface area (Å²) in [5.41, 5.74) is -0.174. The van der Waals surface area contributed by atoms with Crippen molar-refractivity contribution in [1.82, 2.24) is 0 Å². The topological polar surface area (TPSA) is 112 Å². The van der Waals surface area contributed by atoms with Crippen molar-refractivity contribution in [3.8, 4) is 6.07 Å². The third-order valence-corrected chi connectivity index (χ3v) is 4.24. The minimum absolute atomic E-state index is 0.128. The molecule has 0 aliphatic carbocycles. The Kier molecular flexibility index (Phi) is 12.1. The van der Waals surface area contributed by atoms with Gasteiger partial charge in [-0.15, -0.1) is 0 Å². The Bertz CT molecular complexity index is 1390. The first kappa shape index (κ1) is 29.6. The van der Waals surface area contributed by atoms with Crippen molar-refractivity contribution in [3.05, 3.63) is 87.7 Å². The molecule has 0 unspecified atom stereocenters. The number of aliphatic imine (C=N–C) groups is 3. The van der Waals surface area contributed by atoms with E-state index in [9.17, 15) is 31.9 Å². The molecule has 0 spiro atoms. The first-order chi connectivity index (χ1) is 17.0. The highest BCUT2D eigenvalue weighted by Gasteiger charge is 2.33. The Labute approximate surface area is 210 Å². The monoisotopic (exact) mass is 536 g/mol. The van der Waals surface area contributed by atoms with Gasteiger partial charge in [0.15, 0.2) is 0 Å². The molecule has 0 aliphatic rings. The summed E-state index contributed by atoms with van der Waals surface area (Å²) in [4.78, 5) is 39.0. The van der Waals surface area contributed by atoms with E-state index < -0.39 is 16.8 Å². The van der Waals surface area contributed by atoms with Gasteiger partial charge in [-0.1, -0.05) is 23.2 Å². The van der Waals surface area contributed by atoms with Gasteiger partial charge in [0.25, 0.3) is 0 Å². The lowest BCUT2D eigenvalue weighted by Gasteiger charge is -2.08. The fourth-order valence-electron chi connectivity index (χ4n) is 2.17. The van der Waals surface area contributed by atoms with Crippen LogP contribution in [0.5, 0.6) is 0 Å². The fraction of sp³-hybridized carbons (Fsp3) is 0.0435. The van der Waals surface area contributed by atoms with Crippen LogP contribution in [0.15, 0.2) is 75.6 Å². The van der Waals surface area contributed by atoms with Crippen LogP contribution in [0.25, 0.3) is 0 Å². The summed E-state index contributed by atoms with van der Waals surface area (Å²) in [6, 6.07) is 14.5. The standard InChI is InChI=1S/C8H3ClF3NO.C8H3ClN2O.C7H4FNO/c9-7-2-1-5(13-4-14)3-6(7)8(10,11)12;9-7-1-2-8(11-5-12)6(3-7)4-10;8-6-1-3-7(4-2-6)9-5-10/h1-3H;1-3H;1-4H. The number of alkyl halides is 3. The van der Waals surface area contributed by atoms with Crippen LogP contribution in [0, 0.1) is 17.1 Å². The van der Waals surface area contributed by atoms with E-state index in [4.69, 9.17) is 28.5 Å². The normalized spacial score (nSPS) is 9.36. The largest absolute Gasteiger partial charge is 0.417 e. The van der Waals surface area contributed by atoms with Crippen LogP contribution in [0.3, 0.4) is 0 Å². The molecule has 0 saturated carbocycles. The molecule has 0 bridgehead atoms. The summed E-state index contributed by atoms with van der Waals surface area (Å²) < 4.78 is 48.9. The summed E-state index contributed by atoms with van der Waals surface area (Å²) in [6.45, 7) is 0. The van der Waals surface area contributed by atoms with Gasteiger partial charge in [-0.2, -0.15) is 33.4 Å². The molecule has 0 N–H and O–H groups in total. The molecule has 0 radical (unpaired) electrons. The molecule has 3 aromatic carbocycles. The number of nitriles is 1. The maximum Gasteiger partial charge on any atom is 0.417 e. The van der Waals surface area contributed by atoms with Crippen LogP contribution in [0.4, 0.5) is 34.6 Å². The molecule has 0 heterocycles. The second-order valence-electron chi connectivity index (χ2n) is 6.02. The van der Waals surface area contributed by atoms with E-state index in [0.717, 1.165) is 12.1 Å². The summed E-state index contributed by atoms with van der Waals surface area (Å²) in [5.74, 6) is -0.343. The minimum atomic E-state index is -4.55. The lowest BCUT2D eigenvalue weighted by molar-refractivity contribution is -0.137. The van der Waals surface area contributed by atoms with Gasteiger partial charge in [-0.05, 0) is 60.7 Å². The van der Waals surface area contributed by atoms with Crippen molar-refractivity contribution < 1.29 is 31.9 Å². The lowest BCUT2D eigenvalue weighted by atomic mass is 10.2. The van der Waals surface area contributed by atoms with E-state index in [1.54, 1.807) is 6.07 Å². The number of halogens is 6. The van der Waals surface area contributed by atoms with Crippen molar-refractivity contribution >= 4 is 58.5 Å². The van der Waals surface area contributed by atoms with Crippen molar-refractivity contribution in [2.45, 2.75) is 6.18 Å². The van der Waals surface area contributed by atoms with Gasteiger partial charge >= 0.3 is 6.18 Å². The summed E-state index contributed by atoms with van der Waals surface area (Å²) in [6.07, 6.45) is -0.688. The van der Waals surface area contributed by atoms with Crippen LogP contribution in [0.1, 0.15) is 11.1 Å². The van der Waals surface area contributed by atoms with Crippen molar-refractivity contribution in [2.75, 3.05) is 0 Å². The molecule has 3 rings (SSSR count). The zero-order valence-electron chi connectivity index (χ0n) is 17.6. The Balaban J connectivity index is 0.000000274. The minimum Gasteiger partial charge on any atom is -0.211 e. The Morgan fingerprint density at radius 3 is 1.83 bits per heavy atom. The SMILES string of the molecule is N#Cc1cc(Cl)ccc1N=C=O.O=C=Nc1ccc(Cl)c(C(F)(F)F)c1.O=C=Nc1ccc(F)cc1. The van der Waals surface area contributed by atoms with E-state index in [0.29, 0.717) is 16.8 Å². The smallest absolute Gasteiger partial charge is 0.211 e. The molecular formula is C23H10Cl2F4N4O3. The maximum atomic E-state index is 12.2. The van der Waals surface area contributed by atoms with E-state index in [2.05, 4.69) is 15.0 Å². The van der Waals surface area contributed by atoms with Gasteiger partial charge in [-0.3, -0.25) is 0 Å². The first-order valence-electron chi connectivity index (χ1n) is 9.11. The maximum absolute atomic E-state index is 12.2. The van der Waals surface area contributed by atoms with Crippen LogP contribution in [-0.4, -0.2) is 18.2 Å². The lowest BCUT2D eigenvalue weighted by Crippen LogP contribution is -2.05. The second-order valence-corrected chi connectivity index (χ2v) is 6.86. The number of hydrogen-bond donors (Lipinski definition) is 0. The number of isocyanates is 3. The van der Waals surface area contributed by atoms with E-state index >= 15 is 0 Å². The van der Waals surface area contributed by atoms with Gasteiger partial charge in [-0.25, -0.2) is 18.8 Å². The molecule has 36 heavy (non-hydrogen) atoms. The number of hydrogen-bond acceptors (Lipinski definition) is 7. The highest BCUT2D eigenvalue weighted by Crippen LogP contribution is 2.36. The molecule has 3 aromatic rings. The van der Waals surface area contributed by atoms with Crippen molar-refractivity contribution in [3.63, 3.8) is 0 Å². The second kappa shape index (κ2) is 14.8. The van der Waals surface area contributed by atoms with Gasteiger partial charge in [0, 0.05) is 5.02 Å². The first-order valence-corrected chi connectivity index (χ1v) is 9.86. The number of benzene rings is 3. The van der Waals surface area contributed by atoms with E-state index in [-0.39, 0.29) is 22.8 Å². The predicted octanol–water partition coefficient (Wildman–Crippen LogP) is 7.30. The molecule has 7 nitrogen and oxygen atoms in total. The third-order valence-electron chi connectivity index (χ3n) is 3.68. The van der Waals surface area contributed by atoms with Gasteiger partial charge in [0.05, 0.1) is 33.2 Å². The number of nitrogens with zero attached hydrogens (tertiary/aromatic N) is 4. The highest BCUT2D eigenvalue weighted by molar-refractivity contribution is 6.31. The molecule has 13 heteroatoms. The van der Waals surface area contributed by atoms with Gasteiger partial charge in [0.2, 0.25) is 18.2 Å². The quantitative estimate of drug-likeness (QED) is 0.198. The zero-order valence-corrected chi connectivity index (χ0v) is 19.1. The van der Waals surface area contributed by atoms with Crippen molar-refractivity contribution in [1.29, 1.82) is 5.26 Å². The van der Waals surface area contributed by atoms with Crippen molar-refractivity contribution in [2.24, 2.45) is 15.0 Å². The summed E-state index contributed by atoms with van der Waals surface area (Å²) >= 11 is 10.9. The molecule has 0 amide bonds. The zero-order chi connectivity index (χ0) is 27.1. The molecule has 182 valence electrons. The fourth-order valence-corrected chi connectivity index (χ4v) is 2.56. The number of carbonyl (C=O) groups excluding carboxylic acids is 3. The Hall–Kier alpha value is -4.41. The van der Waals surface area contributed by atoms with Crippen LogP contribution in [-0.2, 0) is 20.6 Å². The average Bonchev–Trinajstić information content (AvgIpc) is 2.83. The molecule has 0 saturated heterocycles. The molecule has 0 aromatic heterocycles. The molecular weight excluding hydrogens is 527 g/mol. The average molecular weight is 537 g/mol. The Morgan fingerprint density at radius 2 is 1.31 bits per heavy atom. The molecule has 0 aliphatic heterocycles. The third kappa shape index (κ3) is 10.2. The summed E-state index contributed by atoms with van der Waals surface area (Å²) in [5, 5.41) is 8.58. The summed E-state index contributed by atoms with van der Waals surface area (Å²) in [7, 11) is 0. The molecule has 0 fully saturated rings. The van der Waals surface area contributed by atoms with Crippen LogP contribution >= 0.6 is 23.2 Å².